The largest absolute Gasteiger partial charge is 0.297 e. The maximum Gasteiger partial charge on any atom is 0.247 e. The van der Waals surface area contributed by atoms with Crippen LogP contribution in [0.5, 0.6) is 0 Å². The highest BCUT2D eigenvalue weighted by Crippen LogP contribution is 2.21. The summed E-state index contributed by atoms with van der Waals surface area (Å²) in [5.41, 5.74) is 1.32. The number of piperazine rings is 1. The Morgan fingerprint density at radius 3 is 2.39 bits per heavy atom. The molecule has 2 amide bonds. The Morgan fingerprint density at radius 1 is 1.04 bits per heavy atom. The molecule has 2 aliphatic rings. The van der Waals surface area contributed by atoms with Crippen LogP contribution in [0.2, 0.25) is 0 Å². The number of rotatable bonds is 5. The molecule has 0 bridgehead atoms. The summed E-state index contributed by atoms with van der Waals surface area (Å²) in [4.78, 5) is 30.5. The van der Waals surface area contributed by atoms with Gasteiger partial charge in [-0.1, -0.05) is 37.3 Å². The van der Waals surface area contributed by atoms with Crippen molar-refractivity contribution in [2.75, 3.05) is 32.7 Å². The summed E-state index contributed by atoms with van der Waals surface area (Å²) in [6, 6.07) is 10.2. The molecule has 0 aromatic heterocycles. The molecule has 1 atom stereocenters. The third kappa shape index (κ3) is 3.62. The van der Waals surface area contributed by atoms with Crippen molar-refractivity contribution >= 4 is 11.8 Å². The molecule has 0 radical (unpaired) electrons. The molecule has 2 saturated heterocycles. The van der Waals surface area contributed by atoms with Crippen LogP contribution in [0.3, 0.4) is 0 Å². The second-order valence-electron chi connectivity index (χ2n) is 6.40. The van der Waals surface area contributed by atoms with E-state index in [1.54, 1.807) is 0 Å². The van der Waals surface area contributed by atoms with Gasteiger partial charge in [0, 0.05) is 39.3 Å². The van der Waals surface area contributed by atoms with Crippen molar-refractivity contribution in [2.45, 2.75) is 32.4 Å². The monoisotopic (exact) mass is 315 g/mol. The quantitative estimate of drug-likeness (QED) is 0.769. The van der Waals surface area contributed by atoms with E-state index in [1.807, 2.05) is 13.0 Å². The van der Waals surface area contributed by atoms with Gasteiger partial charge in [-0.05, 0) is 12.0 Å². The van der Waals surface area contributed by atoms with E-state index in [9.17, 15) is 9.59 Å². The lowest BCUT2D eigenvalue weighted by Crippen LogP contribution is -2.52. The van der Waals surface area contributed by atoms with Gasteiger partial charge in [-0.15, -0.1) is 0 Å². The van der Waals surface area contributed by atoms with Crippen molar-refractivity contribution in [2.24, 2.45) is 0 Å². The molecule has 2 heterocycles. The fourth-order valence-electron chi connectivity index (χ4n) is 3.48. The number of benzene rings is 1. The molecule has 5 nitrogen and oxygen atoms in total. The van der Waals surface area contributed by atoms with E-state index in [2.05, 4.69) is 34.1 Å². The summed E-state index contributed by atoms with van der Waals surface area (Å²) in [7, 11) is 0. The number of likely N-dealkylation sites (tertiary alicyclic amines) is 1. The Morgan fingerprint density at radius 2 is 1.74 bits per heavy atom. The average molecular weight is 315 g/mol. The minimum atomic E-state index is -0.229. The van der Waals surface area contributed by atoms with Crippen molar-refractivity contribution < 1.29 is 9.59 Å². The number of hydrogen-bond acceptors (Lipinski definition) is 4. The van der Waals surface area contributed by atoms with Crippen LogP contribution < -0.4 is 0 Å². The zero-order valence-electron chi connectivity index (χ0n) is 13.8. The highest BCUT2D eigenvalue weighted by Gasteiger charge is 2.41. The normalized spacial score (nSPS) is 23.7. The Balaban J connectivity index is 1.53. The van der Waals surface area contributed by atoms with Gasteiger partial charge < -0.3 is 0 Å². The molecule has 1 aromatic rings. The fourth-order valence-corrected chi connectivity index (χ4v) is 3.48. The first-order chi connectivity index (χ1) is 11.2. The molecule has 0 N–H and O–H groups in total. The zero-order valence-corrected chi connectivity index (χ0v) is 13.8. The van der Waals surface area contributed by atoms with Crippen LogP contribution >= 0.6 is 0 Å². The fraction of sp³-hybridized carbons (Fsp3) is 0.556. The number of imide groups is 1. The predicted molar refractivity (Wildman–Crippen MR) is 88.7 cm³/mol. The molecule has 2 aliphatic heterocycles. The van der Waals surface area contributed by atoms with Gasteiger partial charge in [0.1, 0.15) is 0 Å². The molecule has 5 heteroatoms. The predicted octanol–water partition coefficient (Wildman–Crippen LogP) is 1.34. The van der Waals surface area contributed by atoms with Crippen LogP contribution in [0, 0.1) is 0 Å². The van der Waals surface area contributed by atoms with Crippen molar-refractivity contribution in [3.63, 3.8) is 0 Å². The summed E-state index contributed by atoms with van der Waals surface area (Å²) >= 11 is 0. The van der Waals surface area contributed by atoms with Gasteiger partial charge in [0.15, 0.2) is 0 Å². The standard InChI is InChI=1S/C18H25N3O2/c1-2-8-21-17(22)13-16(18(21)23)20-11-9-19(10-12-20)14-15-6-4-3-5-7-15/h3-7,16H,2,8-14H2,1H3/t16-/m0/s1. The number of carbonyl (C=O) groups is 2. The summed E-state index contributed by atoms with van der Waals surface area (Å²) < 4.78 is 0. The summed E-state index contributed by atoms with van der Waals surface area (Å²) in [6.45, 7) is 7.11. The number of carbonyl (C=O) groups excluding carboxylic acids is 2. The minimum Gasteiger partial charge on any atom is -0.297 e. The first kappa shape index (κ1) is 16.1. The maximum absolute atomic E-state index is 12.4. The molecule has 0 aliphatic carbocycles. The van der Waals surface area contributed by atoms with E-state index in [0.29, 0.717) is 13.0 Å². The Kier molecular flexibility index (Phi) is 5.08. The SMILES string of the molecule is CCCN1C(=O)C[C@H](N2CCN(Cc3ccccc3)CC2)C1=O. The molecule has 0 spiro atoms. The molecule has 3 rings (SSSR count). The van der Waals surface area contributed by atoms with Crippen LogP contribution in [-0.2, 0) is 16.1 Å². The van der Waals surface area contributed by atoms with Gasteiger partial charge in [-0.2, -0.15) is 0 Å². The molecule has 2 fully saturated rings. The molecule has 1 aromatic carbocycles. The highest BCUT2D eigenvalue weighted by molar-refractivity contribution is 6.05. The smallest absolute Gasteiger partial charge is 0.247 e. The topological polar surface area (TPSA) is 43.9 Å². The van der Waals surface area contributed by atoms with Crippen molar-refractivity contribution in [3.05, 3.63) is 35.9 Å². The van der Waals surface area contributed by atoms with Gasteiger partial charge in [0.2, 0.25) is 11.8 Å². The summed E-state index contributed by atoms with van der Waals surface area (Å²) in [6.07, 6.45) is 1.19. The van der Waals surface area contributed by atoms with E-state index in [1.165, 1.54) is 10.5 Å². The van der Waals surface area contributed by atoms with Gasteiger partial charge in [0.05, 0.1) is 12.5 Å². The van der Waals surface area contributed by atoms with Crippen LogP contribution in [0.15, 0.2) is 30.3 Å². The average Bonchev–Trinajstić information content (AvgIpc) is 2.85. The summed E-state index contributed by atoms with van der Waals surface area (Å²) in [5, 5.41) is 0. The van der Waals surface area contributed by atoms with E-state index in [-0.39, 0.29) is 17.9 Å². The minimum absolute atomic E-state index is 0.00596. The van der Waals surface area contributed by atoms with Crippen LogP contribution in [0.4, 0.5) is 0 Å². The van der Waals surface area contributed by atoms with E-state index in [4.69, 9.17) is 0 Å². The Labute approximate surface area is 137 Å². The van der Waals surface area contributed by atoms with E-state index < -0.39 is 0 Å². The summed E-state index contributed by atoms with van der Waals surface area (Å²) in [5.74, 6) is 0.00178. The Bertz CT molecular complexity index is 553. The van der Waals surface area contributed by atoms with Crippen LogP contribution in [0.1, 0.15) is 25.3 Å². The van der Waals surface area contributed by atoms with Crippen molar-refractivity contribution in [1.29, 1.82) is 0 Å². The van der Waals surface area contributed by atoms with Gasteiger partial charge in [-0.3, -0.25) is 24.3 Å². The second-order valence-corrected chi connectivity index (χ2v) is 6.40. The van der Waals surface area contributed by atoms with E-state index >= 15 is 0 Å². The molecular weight excluding hydrogens is 290 g/mol. The van der Waals surface area contributed by atoms with E-state index in [0.717, 1.165) is 39.1 Å². The van der Waals surface area contributed by atoms with Crippen molar-refractivity contribution in [1.82, 2.24) is 14.7 Å². The van der Waals surface area contributed by atoms with Gasteiger partial charge >= 0.3 is 0 Å². The third-order valence-electron chi connectivity index (χ3n) is 4.76. The third-order valence-corrected chi connectivity index (χ3v) is 4.76. The highest BCUT2D eigenvalue weighted by atomic mass is 16.2. The van der Waals surface area contributed by atoms with Crippen molar-refractivity contribution in [3.8, 4) is 0 Å². The maximum atomic E-state index is 12.4. The van der Waals surface area contributed by atoms with Crippen LogP contribution in [0.25, 0.3) is 0 Å². The van der Waals surface area contributed by atoms with Gasteiger partial charge in [0.25, 0.3) is 0 Å². The molecule has 124 valence electrons. The molecule has 0 unspecified atom stereocenters. The Hall–Kier alpha value is -1.72. The second kappa shape index (κ2) is 7.23. The molecule has 23 heavy (non-hydrogen) atoms. The zero-order chi connectivity index (χ0) is 16.2. The molecule has 0 saturated carbocycles. The lowest BCUT2D eigenvalue weighted by atomic mass is 10.1. The number of amides is 2. The lowest BCUT2D eigenvalue weighted by molar-refractivity contribution is -0.140. The van der Waals surface area contributed by atoms with Gasteiger partial charge in [-0.25, -0.2) is 0 Å². The number of hydrogen-bond donors (Lipinski definition) is 0. The number of nitrogens with zero attached hydrogens (tertiary/aromatic N) is 3. The first-order valence-electron chi connectivity index (χ1n) is 8.53. The lowest BCUT2D eigenvalue weighted by Gasteiger charge is -2.37. The van der Waals surface area contributed by atoms with Crippen LogP contribution in [-0.4, -0.2) is 65.3 Å². The molecular formula is C18H25N3O2. The first-order valence-corrected chi connectivity index (χ1v) is 8.53.